The molecule has 0 aliphatic heterocycles. The van der Waals surface area contributed by atoms with Crippen LogP contribution in [0.25, 0.3) is 11.4 Å². The second kappa shape index (κ2) is 4.76. The largest absolute Gasteiger partial charge is 0.374 e. The fourth-order valence-electron chi connectivity index (χ4n) is 1.40. The van der Waals surface area contributed by atoms with Gasteiger partial charge in [-0.25, -0.2) is 4.98 Å². The minimum Gasteiger partial charge on any atom is -0.374 e. The highest BCUT2D eigenvalue weighted by atomic mass is 16.5. The molecule has 0 saturated heterocycles. The molecule has 2 aromatic rings. The van der Waals surface area contributed by atoms with Crippen LogP contribution in [-0.2, 0) is 11.3 Å². The molecule has 84 valence electrons. The number of nitrogens with zero attached hydrogens (tertiary/aromatic N) is 1. The summed E-state index contributed by atoms with van der Waals surface area (Å²) in [6.45, 7) is 2.81. The highest BCUT2D eigenvalue weighted by Gasteiger charge is 2.04. The van der Waals surface area contributed by atoms with Crippen LogP contribution in [-0.4, -0.2) is 21.6 Å². The highest BCUT2D eigenvalue weighted by molar-refractivity contribution is 5.53. The predicted octanol–water partition coefficient (Wildman–Crippen LogP) is 1.30. The maximum absolute atomic E-state index is 11.4. The Labute approximate surface area is 92.5 Å². The average Bonchev–Trinajstić information content (AvgIpc) is 2.79. The van der Waals surface area contributed by atoms with Crippen LogP contribution in [0.2, 0.25) is 0 Å². The van der Waals surface area contributed by atoms with Gasteiger partial charge in [0.1, 0.15) is 12.4 Å². The maximum Gasteiger partial charge on any atom is 0.251 e. The first-order valence-electron chi connectivity index (χ1n) is 5.11. The van der Waals surface area contributed by atoms with Crippen LogP contribution < -0.4 is 5.56 Å². The van der Waals surface area contributed by atoms with E-state index in [0.717, 1.165) is 5.69 Å². The van der Waals surface area contributed by atoms with E-state index in [1.54, 1.807) is 6.20 Å². The van der Waals surface area contributed by atoms with E-state index in [2.05, 4.69) is 15.0 Å². The van der Waals surface area contributed by atoms with Crippen LogP contribution in [0, 0.1) is 0 Å². The third kappa shape index (κ3) is 2.38. The number of nitrogens with one attached hydrogen (secondary N) is 2. The molecule has 0 aliphatic rings. The molecule has 0 bridgehead atoms. The molecule has 2 aromatic heterocycles. The standard InChI is InChI=1S/C11H13N3O2/c1-2-16-7-10-13-9(6-11(15)14-10)8-4-3-5-12-8/h3-6,12H,2,7H2,1H3,(H,13,14,15). The Morgan fingerprint density at radius 2 is 2.38 bits per heavy atom. The Morgan fingerprint density at radius 1 is 1.50 bits per heavy atom. The third-order valence-electron chi connectivity index (χ3n) is 2.11. The Hall–Kier alpha value is -1.88. The van der Waals surface area contributed by atoms with Gasteiger partial charge in [-0.1, -0.05) is 0 Å². The Bertz CT molecular complexity index is 502. The molecule has 2 heterocycles. The van der Waals surface area contributed by atoms with E-state index in [-0.39, 0.29) is 5.56 Å². The van der Waals surface area contributed by atoms with Crippen LogP contribution >= 0.6 is 0 Å². The van der Waals surface area contributed by atoms with Crippen molar-refractivity contribution >= 4 is 0 Å². The molecule has 0 amide bonds. The molecule has 0 saturated carbocycles. The predicted molar refractivity (Wildman–Crippen MR) is 60.0 cm³/mol. The summed E-state index contributed by atoms with van der Waals surface area (Å²) in [5.41, 5.74) is 1.28. The van der Waals surface area contributed by atoms with E-state index >= 15 is 0 Å². The van der Waals surface area contributed by atoms with Gasteiger partial charge in [-0.05, 0) is 19.1 Å². The van der Waals surface area contributed by atoms with Crippen LogP contribution in [0.4, 0.5) is 0 Å². The number of aromatic nitrogens is 3. The Morgan fingerprint density at radius 3 is 3.06 bits per heavy atom. The summed E-state index contributed by atoms with van der Waals surface area (Å²) in [5.74, 6) is 0.541. The van der Waals surface area contributed by atoms with Crippen molar-refractivity contribution < 1.29 is 4.74 Å². The van der Waals surface area contributed by atoms with E-state index in [9.17, 15) is 4.79 Å². The van der Waals surface area contributed by atoms with Crippen molar-refractivity contribution in [3.63, 3.8) is 0 Å². The van der Waals surface area contributed by atoms with Crippen LogP contribution in [0.1, 0.15) is 12.7 Å². The first kappa shape index (κ1) is 10.6. The first-order chi connectivity index (χ1) is 7.79. The van der Waals surface area contributed by atoms with Crippen LogP contribution in [0.5, 0.6) is 0 Å². The van der Waals surface area contributed by atoms with Gasteiger partial charge in [-0.15, -0.1) is 0 Å². The molecule has 0 spiro atoms. The summed E-state index contributed by atoms with van der Waals surface area (Å²) in [7, 11) is 0. The van der Waals surface area contributed by atoms with Crippen molar-refractivity contribution in [3.05, 3.63) is 40.6 Å². The lowest BCUT2D eigenvalue weighted by molar-refractivity contribution is 0.128. The first-order valence-corrected chi connectivity index (χ1v) is 5.11. The summed E-state index contributed by atoms with van der Waals surface area (Å²) in [5, 5.41) is 0. The van der Waals surface area contributed by atoms with Crippen molar-refractivity contribution in [1.82, 2.24) is 15.0 Å². The van der Waals surface area contributed by atoms with Crippen molar-refractivity contribution in [3.8, 4) is 11.4 Å². The smallest absolute Gasteiger partial charge is 0.251 e. The number of aromatic amines is 2. The van der Waals surface area contributed by atoms with Gasteiger partial charge in [0.15, 0.2) is 0 Å². The van der Waals surface area contributed by atoms with Crippen molar-refractivity contribution in [2.45, 2.75) is 13.5 Å². The SMILES string of the molecule is CCOCc1nc(-c2ccc[nH]2)cc(=O)[nH]1. The van der Waals surface area contributed by atoms with E-state index < -0.39 is 0 Å². The third-order valence-corrected chi connectivity index (χ3v) is 2.11. The van der Waals surface area contributed by atoms with Crippen LogP contribution in [0.3, 0.4) is 0 Å². The van der Waals surface area contributed by atoms with Crippen molar-refractivity contribution in [2.24, 2.45) is 0 Å². The topological polar surface area (TPSA) is 70.8 Å². The molecular formula is C11H13N3O2. The zero-order chi connectivity index (χ0) is 11.4. The molecular weight excluding hydrogens is 206 g/mol. The fourth-order valence-corrected chi connectivity index (χ4v) is 1.40. The number of hydrogen-bond donors (Lipinski definition) is 2. The summed E-state index contributed by atoms with van der Waals surface area (Å²) in [6.07, 6.45) is 1.79. The Kier molecular flexibility index (Phi) is 3.16. The monoisotopic (exact) mass is 219 g/mol. The molecule has 2 rings (SSSR count). The van der Waals surface area contributed by atoms with Crippen LogP contribution in [0.15, 0.2) is 29.2 Å². The van der Waals surface area contributed by atoms with E-state index in [1.807, 2.05) is 19.1 Å². The lowest BCUT2D eigenvalue weighted by Crippen LogP contribution is -2.12. The zero-order valence-electron chi connectivity index (χ0n) is 8.99. The highest BCUT2D eigenvalue weighted by Crippen LogP contribution is 2.11. The summed E-state index contributed by atoms with van der Waals surface area (Å²) in [6, 6.07) is 5.19. The zero-order valence-corrected chi connectivity index (χ0v) is 8.99. The van der Waals surface area contributed by atoms with Gasteiger partial charge in [0.2, 0.25) is 0 Å². The summed E-state index contributed by atoms with van der Waals surface area (Å²) < 4.78 is 5.20. The summed E-state index contributed by atoms with van der Waals surface area (Å²) in [4.78, 5) is 21.4. The maximum atomic E-state index is 11.4. The van der Waals surface area contributed by atoms with Gasteiger partial charge in [-0.2, -0.15) is 0 Å². The Balaban J connectivity index is 2.33. The van der Waals surface area contributed by atoms with Crippen molar-refractivity contribution in [2.75, 3.05) is 6.61 Å². The van der Waals surface area contributed by atoms with Gasteiger partial charge in [-0.3, -0.25) is 4.79 Å². The van der Waals surface area contributed by atoms with E-state index in [0.29, 0.717) is 24.7 Å². The van der Waals surface area contributed by atoms with E-state index in [1.165, 1.54) is 6.07 Å². The molecule has 0 unspecified atom stereocenters. The molecule has 0 aliphatic carbocycles. The lowest BCUT2D eigenvalue weighted by atomic mass is 10.3. The quantitative estimate of drug-likeness (QED) is 0.814. The molecule has 0 fully saturated rings. The number of rotatable bonds is 4. The molecule has 16 heavy (non-hydrogen) atoms. The van der Waals surface area contributed by atoms with Gasteiger partial charge in [0.05, 0.1) is 11.4 Å². The minimum atomic E-state index is -0.172. The van der Waals surface area contributed by atoms with Crippen molar-refractivity contribution in [1.29, 1.82) is 0 Å². The second-order valence-electron chi connectivity index (χ2n) is 3.30. The molecule has 0 radical (unpaired) electrons. The average molecular weight is 219 g/mol. The fraction of sp³-hybridized carbons (Fsp3) is 0.273. The van der Waals surface area contributed by atoms with Gasteiger partial charge < -0.3 is 14.7 Å². The molecule has 0 atom stereocenters. The van der Waals surface area contributed by atoms with Gasteiger partial charge >= 0.3 is 0 Å². The molecule has 0 aromatic carbocycles. The molecule has 5 nitrogen and oxygen atoms in total. The normalized spacial score (nSPS) is 10.6. The number of ether oxygens (including phenoxy) is 1. The molecule has 5 heteroatoms. The van der Waals surface area contributed by atoms with Gasteiger partial charge in [0.25, 0.3) is 5.56 Å². The van der Waals surface area contributed by atoms with E-state index in [4.69, 9.17) is 4.74 Å². The van der Waals surface area contributed by atoms with Gasteiger partial charge in [0, 0.05) is 18.9 Å². The lowest BCUT2D eigenvalue weighted by Gasteiger charge is -2.02. The summed E-state index contributed by atoms with van der Waals surface area (Å²) >= 11 is 0. The number of H-pyrrole nitrogens is 2. The minimum absolute atomic E-state index is 0.172. The number of hydrogen-bond acceptors (Lipinski definition) is 3. The molecule has 2 N–H and O–H groups in total. The second-order valence-corrected chi connectivity index (χ2v) is 3.30.